The van der Waals surface area contributed by atoms with Gasteiger partial charge in [0.05, 0.1) is 17.6 Å². The van der Waals surface area contributed by atoms with Crippen molar-refractivity contribution in [2.75, 3.05) is 50.0 Å². The third kappa shape index (κ3) is 4.85. The Morgan fingerprint density at radius 1 is 1.20 bits per heavy atom. The minimum Gasteiger partial charge on any atom is -0.365 e. The number of rotatable bonds is 6. The topological polar surface area (TPSA) is 107 Å². The molecule has 162 valence electrons. The lowest BCUT2D eigenvalue weighted by Crippen LogP contribution is -2.46. The fourth-order valence-corrected chi connectivity index (χ4v) is 3.31. The number of amides is 3. The van der Waals surface area contributed by atoms with Gasteiger partial charge in [0.1, 0.15) is 5.69 Å². The molecule has 3 amide bonds. The lowest BCUT2D eigenvalue weighted by Gasteiger charge is -2.36. The quantitative estimate of drug-likeness (QED) is 0.599. The highest BCUT2D eigenvalue weighted by Gasteiger charge is 2.22. The van der Waals surface area contributed by atoms with E-state index in [2.05, 4.69) is 30.8 Å². The molecule has 0 unspecified atom stereocenters. The maximum absolute atomic E-state index is 14.4. The average molecular weight is 418 g/mol. The predicted molar refractivity (Wildman–Crippen MR) is 111 cm³/mol. The molecule has 3 heterocycles. The summed E-state index contributed by atoms with van der Waals surface area (Å²) >= 11 is 0. The first-order chi connectivity index (χ1) is 14.4. The first-order valence-corrected chi connectivity index (χ1v) is 9.84. The first kappa shape index (κ1) is 21.5. The third-order valence-corrected chi connectivity index (χ3v) is 5.03. The van der Waals surface area contributed by atoms with Gasteiger partial charge < -0.3 is 20.1 Å². The summed E-state index contributed by atoms with van der Waals surface area (Å²) < 4.78 is 16.2. The molecule has 1 aliphatic heterocycles. The number of hydrogen-bond acceptors (Lipinski definition) is 6. The van der Waals surface area contributed by atoms with E-state index in [1.165, 1.54) is 13.1 Å². The molecule has 1 aliphatic rings. The van der Waals surface area contributed by atoms with Crippen LogP contribution in [-0.4, -0.2) is 71.1 Å². The van der Waals surface area contributed by atoms with Crippen LogP contribution in [0, 0.1) is 5.95 Å². The van der Waals surface area contributed by atoms with Crippen LogP contribution in [0.25, 0.3) is 0 Å². The maximum atomic E-state index is 14.4. The SMILES string of the molecule is CCNC(=O)Nc1ncc(CN2CCN(c3ccc(C(=O)NC)nc3F)CC2)n1C. The minimum atomic E-state index is -0.641. The van der Waals surface area contributed by atoms with E-state index >= 15 is 0 Å². The zero-order valence-corrected chi connectivity index (χ0v) is 17.4. The van der Waals surface area contributed by atoms with E-state index < -0.39 is 11.9 Å². The smallest absolute Gasteiger partial charge is 0.321 e. The minimum absolute atomic E-state index is 0.0608. The van der Waals surface area contributed by atoms with Crippen molar-refractivity contribution in [2.24, 2.45) is 7.05 Å². The van der Waals surface area contributed by atoms with Crippen LogP contribution >= 0.6 is 0 Å². The molecule has 0 saturated carbocycles. The maximum Gasteiger partial charge on any atom is 0.321 e. The molecule has 10 nitrogen and oxygen atoms in total. The number of pyridine rings is 1. The lowest BCUT2D eigenvalue weighted by molar-refractivity contribution is 0.0957. The van der Waals surface area contributed by atoms with Crippen LogP contribution in [0.15, 0.2) is 18.3 Å². The molecule has 11 heteroatoms. The number of halogens is 1. The molecule has 0 spiro atoms. The van der Waals surface area contributed by atoms with Crippen molar-refractivity contribution in [2.45, 2.75) is 13.5 Å². The van der Waals surface area contributed by atoms with Crippen LogP contribution in [0.5, 0.6) is 0 Å². The Morgan fingerprint density at radius 3 is 2.57 bits per heavy atom. The van der Waals surface area contributed by atoms with Crippen LogP contribution in [0.4, 0.5) is 20.8 Å². The normalized spacial score (nSPS) is 14.5. The Balaban J connectivity index is 1.57. The van der Waals surface area contributed by atoms with Crippen LogP contribution in [0.1, 0.15) is 23.1 Å². The van der Waals surface area contributed by atoms with E-state index in [9.17, 15) is 14.0 Å². The van der Waals surface area contributed by atoms with Crippen molar-refractivity contribution >= 4 is 23.6 Å². The number of urea groups is 1. The zero-order chi connectivity index (χ0) is 21.7. The Bertz CT molecular complexity index is 908. The van der Waals surface area contributed by atoms with E-state index in [1.807, 2.05) is 23.4 Å². The summed E-state index contributed by atoms with van der Waals surface area (Å²) in [5.41, 5.74) is 1.43. The number of nitrogens with one attached hydrogen (secondary N) is 3. The second-order valence-corrected chi connectivity index (χ2v) is 6.97. The van der Waals surface area contributed by atoms with E-state index in [0.29, 0.717) is 37.8 Å². The van der Waals surface area contributed by atoms with Crippen LogP contribution in [0.2, 0.25) is 0 Å². The highest BCUT2D eigenvalue weighted by Crippen LogP contribution is 2.21. The Kier molecular flexibility index (Phi) is 6.83. The molecule has 0 radical (unpaired) electrons. The van der Waals surface area contributed by atoms with Gasteiger partial charge in [0.25, 0.3) is 5.91 Å². The molecule has 0 aromatic carbocycles. The Labute approximate surface area is 174 Å². The van der Waals surface area contributed by atoms with Crippen molar-refractivity contribution in [1.29, 1.82) is 0 Å². The molecule has 0 bridgehead atoms. The second-order valence-electron chi connectivity index (χ2n) is 6.97. The predicted octanol–water partition coefficient (Wildman–Crippen LogP) is 0.777. The summed E-state index contributed by atoms with van der Waals surface area (Å²) in [4.78, 5) is 35.5. The van der Waals surface area contributed by atoms with E-state index in [-0.39, 0.29) is 11.7 Å². The molecule has 0 atom stereocenters. The number of carbonyl (C=O) groups is 2. The van der Waals surface area contributed by atoms with E-state index in [1.54, 1.807) is 12.3 Å². The summed E-state index contributed by atoms with van der Waals surface area (Å²) in [6, 6.07) is 2.84. The monoisotopic (exact) mass is 418 g/mol. The molecule has 30 heavy (non-hydrogen) atoms. The van der Waals surface area contributed by atoms with Gasteiger partial charge in [-0.1, -0.05) is 0 Å². The van der Waals surface area contributed by atoms with Gasteiger partial charge >= 0.3 is 6.03 Å². The number of piperazine rings is 1. The zero-order valence-electron chi connectivity index (χ0n) is 17.4. The lowest BCUT2D eigenvalue weighted by atomic mass is 10.2. The summed E-state index contributed by atoms with van der Waals surface area (Å²) in [6.07, 6.45) is 1.75. The van der Waals surface area contributed by atoms with Crippen LogP contribution < -0.4 is 20.9 Å². The summed E-state index contributed by atoms with van der Waals surface area (Å²) in [5.74, 6) is -0.571. The van der Waals surface area contributed by atoms with Crippen molar-refractivity contribution < 1.29 is 14.0 Å². The van der Waals surface area contributed by atoms with Gasteiger partial charge in [0.2, 0.25) is 11.9 Å². The number of carbonyl (C=O) groups excluding carboxylic acids is 2. The molecular formula is C19H27FN8O2. The number of imidazole rings is 1. The van der Waals surface area contributed by atoms with Crippen molar-refractivity contribution in [1.82, 2.24) is 30.1 Å². The Morgan fingerprint density at radius 2 is 1.93 bits per heavy atom. The van der Waals surface area contributed by atoms with E-state index in [4.69, 9.17) is 0 Å². The Hall–Kier alpha value is -3.21. The highest BCUT2D eigenvalue weighted by molar-refractivity contribution is 5.92. The molecule has 1 fully saturated rings. The molecule has 0 aliphatic carbocycles. The van der Waals surface area contributed by atoms with Crippen molar-refractivity contribution in [3.63, 3.8) is 0 Å². The van der Waals surface area contributed by atoms with Gasteiger partial charge in [0.15, 0.2) is 0 Å². The van der Waals surface area contributed by atoms with Crippen LogP contribution in [0.3, 0.4) is 0 Å². The average Bonchev–Trinajstić information content (AvgIpc) is 3.07. The fourth-order valence-electron chi connectivity index (χ4n) is 3.31. The largest absolute Gasteiger partial charge is 0.365 e. The molecule has 3 rings (SSSR count). The number of anilines is 2. The van der Waals surface area contributed by atoms with Gasteiger partial charge in [-0.15, -0.1) is 0 Å². The number of hydrogen-bond donors (Lipinski definition) is 3. The summed E-state index contributed by atoms with van der Waals surface area (Å²) in [5, 5.41) is 7.83. The molecule has 2 aromatic rings. The van der Waals surface area contributed by atoms with Gasteiger partial charge in [-0.3, -0.25) is 15.0 Å². The third-order valence-electron chi connectivity index (χ3n) is 5.03. The summed E-state index contributed by atoms with van der Waals surface area (Å²) in [7, 11) is 3.34. The van der Waals surface area contributed by atoms with Crippen LogP contribution in [-0.2, 0) is 13.6 Å². The van der Waals surface area contributed by atoms with Crippen molar-refractivity contribution in [3.05, 3.63) is 35.7 Å². The number of nitrogens with zero attached hydrogens (tertiary/aromatic N) is 5. The number of aromatic nitrogens is 3. The standard InChI is InChI=1S/C19H27FN8O2/c1-4-22-19(30)25-18-23-11-13(26(18)3)12-27-7-9-28(10-8-27)15-6-5-14(17(29)21-2)24-16(15)20/h5-6,11H,4,7-10,12H2,1-3H3,(H,21,29)(H2,22,23,25,30). The fraction of sp³-hybridized carbons (Fsp3) is 0.474. The van der Waals surface area contributed by atoms with Crippen molar-refractivity contribution in [3.8, 4) is 0 Å². The van der Waals surface area contributed by atoms with Gasteiger partial charge in [0, 0.05) is 53.4 Å². The first-order valence-electron chi connectivity index (χ1n) is 9.84. The molecule has 1 saturated heterocycles. The molecular weight excluding hydrogens is 391 g/mol. The highest BCUT2D eigenvalue weighted by atomic mass is 19.1. The summed E-state index contributed by atoms with van der Waals surface area (Å²) in [6.45, 7) is 5.81. The van der Waals surface area contributed by atoms with Gasteiger partial charge in [-0.25, -0.2) is 14.8 Å². The second kappa shape index (κ2) is 9.53. The molecule has 2 aromatic heterocycles. The van der Waals surface area contributed by atoms with E-state index in [0.717, 1.165) is 18.8 Å². The van der Waals surface area contributed by atoms with Gasteiger partial charge in [-0.05, 0) is 19.1 Å². The molecule has 3 N–H and O–H groups in total. The van der Waals surface area contributed by atoms with Gasteiger partial charge in [-0.2, -0.15) is 4.39 Å².